The van der Waals surface area contributed by atoms with Crippen molar-refractivity contribution in [1.29, 1.82) is 0 Å². The topological polar surface area (TPSA) is 43.5 Å². The summed E-state index contributed by atoms with van der Waals surface area (Å²) in [5.74, 6) is 1.62. The molecule has 2 aliphatic heterocycles. The van der Waals surface area contributed by atoms with E-state index in [2.05, 4.69) is 88.0 Å². The van der Waals surface area contributed by atoms with E-state index >= 15 is 0 Å². The molecule has 27 heavy (non-hydrogen) atoms. The van der Waals surface area contributed by atoms with Crippen LogP contribution in [0, 0.1) is 0 Å². The average molecular weight is 628 g/mol. The first-order valence-electron chi connectivity index (χ1n) is 8.44. The van der Waals surface area contributed by atoms with Crippen LogP contribution < -0.4 is 9.47 Å². The third-order valence-electron chi connectivity index (χ3n) is 4.16. The number of epoxide rings is 2. The Bertz CT molecular complexity index is 734. The monoisotopic (exact) mass is 624 g/mol. The molecule has 2 aromatic rings. The summed E-state index contributed by atoms with van der Waals surface area (Å²) in [5.41, 5.74) is 2.34. The maximum Gasteiger partial charge on any atom is 0.147 e. The molecule has 0 radical (unpaired) electrons. The number of rotatable bonds is 8. The largest absolute Gasteiger partial charge is 0.488 e. The Kier molecular flexibility index (Phi) is 6.51. The van der Waals surface area contributed by atoms with E-state index in [-0.39, 0.29) is 12.2 Å². The fourth-order valence-electron chi connectivity index (χ4n) is 2.62. The number of hydrogen-bond acceptors (Lipinski definition) is 4. The van der Waals surface area contributed by atoms with Crippen molar-refractivity contribution in [3.8, 4) is 11.5 Å². The molecule has 0 amide bonds. The summed E-state index contributed by atoms with van der Waals surface area (Å²) in [6.07, 6.45) is 1.24. The van der Waals surface area contributed by atoms with Gasteiger partial charge in [0.1, 0.15) is 36.9 Å². The lowest BCUT2D eigenvalue weighted by atomic mass is 10.0. The molecule has 2 atom stereocenters. The standard InChI is InChI=1S/C19H16Br4O4/c20-14-2-10(3-15(21)18(14)26-8-12-6-24-12)1-11-4-16(22)19(17(23)5-11)27-9-13-7-25-13/h2-5,12-13H,1,6-9H2/t12-,13+. The Morgan fingerprint density at radius 2 is 1.04 bits per heavy atom. The molecule has 0 unspecified atom stereocenters. The van der Waals surface area contributed by atoms with Gasteiger partial charge in [0.05, 0.1) is 31.1 Å². The maximum absolute atomic E-state index is 5.84. The SMILES string of the molecule is Brc1cc(Cc2cc(Br)c(OC[C@H]3CO3)c(Br)c2)cc(Br)c1OC[C@@H]1CO1. The van der Waals surface area contributed by atoms with Crippen LogP contribution in [0.5, 0.6) is 11.5 Å². The van der Waals surface area contributed by atoms with E-state index in [1.807, 2.05) is 0 Å². The number of hydrogen-bond donors (Lipinski definition) is 0. The zero-order chi connectivity index (χ0) is 19.0. The van der Waals surface area contributed by atoms with Gasteiger partial charge in [-0.25, -0.2) is 0 Å². The molecular formula is C19H16Br4O4. The van der Waals surface area contributed by atoms with Crippen LogP contribution in [-0.4, -0.2) is 38.6 Å². The lowest BCUT2D eigenvalue weighted by Crippen LogP contribution is -2.06. The van der Waals surface area contributed by atoms with Crippen LogP contribution >= 0.6 is 63.7 Å². The van der Waals surface area contributed by atoms with Crippen LogP contribution in [0.25, 0.3) is 0 Å². The summed E-state index contributed by atoms with van der Waals surface area (Å²) in [6.45, 7) is 2.71. The molecule has 4 rings (SSSR count). The smallest absolute Gasteiger partial charge is 0.147 e. The van der Waals surface area contributed by atoms with Gasteiger partial charge in [-0.1, -0.05) is 0 Å². The Hall–Kier alpha value is -0.120. The summed E-state index contributed by atoms with van der Waals surface area (Å²) >= 11 is 14.5. The highest BCUT2D eigenvalue weighted by molar-refractivity contribution is 9.11. The van der Waals surface area contributed by atoms with Gasteiger partial charge in [-0.05, 0) is 106 Å². The van der Waals surface area contributed by atoms with E-state index in [0.29, 0.717) is 13.2 Å². The third kappa shape index (κ3) is 5.48. The van der Waals surface area contributed by atoms with Crippen LogP contribution in [0.3, 0.4) is 0 Å². The Labute approximate surface area is 191 Å². The zero-order valence-corrected chi connectivity index (χ0v) is 20.5. The molecule has 2 heterocycles. The van der Waals surface area contributed by atoms with Gasteiger partial charge in [-0.2, -0.15) is 0 Å². The van der Waals surface area contributed by atoms with E-state index in [9.17, 15) is 0 Å². The van der Waals surface area contributed by atoms with Crippen molar-refractivity contribution in [2.75, 3.05) is 26.4 Å². The van der Waals surface area contributed by atoms with Gasteiger partial charge < -0.3 is 18.9 Å². The average Bonchev–Trinajstić information content (AvgIpc) is 3.48. The molecule has 0 aromatic heterocycles. The third-order valence-corrected chi connectivity index (χ3v) is 6.51. The van der Waals surface area contributed by atoms with Gasteiger partial charge in [0.25, 0.3) is 0 Å². The Morgan fingerprint density at radius 1 is 0.704 bits per heavy atom. The second kappa shape index (κ2) is 8.71. The van der Waals surface area contributed by atoms with Crippen molar-refractivity contribution in [2.45, 2.75) is 18.6 Å². The van der Waals surface area contributed by atoms with E-state index in [4.69, 9.17) is 18.9 Å². The van der Waals surface area contributed by atoms with Crippen molar-refractivity contribution < 1.29 is 18.9 Å². The molecule has 0 spiro atoms. The van der Waals surface area contributed by atoms with Gasteiger partial charge in [0.2, 0.25) is 0 Å². The lowest BCUT2D eigenvalue weighted by molar-refractivity contribution is 0.260. The molecule has 0 bridgehead atoms. The van der Waals surface area contributed by atoms with Crippen molar-refractivity contribution in [2.24, 2.45) is 0 Å². The first-order valence-corrected chi connectivity index (χ1v) is 11.6. The normalized spacial score (nSPS) is 20.4. The molecule has 8 heteroatoms. The van der Waals surface area contributed by atoms with Crippen LogP contribution in [-0.2, 0) is 15.9 Å². The van der Waals surface area contributed by atoms with E-state index in [1.165, 1.54) is 11.1 Å². The lowest BCUT2D eigenvalue weighted by Gasteiger charge is -2.14. The predicted molar refractivity (Wildman–Crippen MR) is 117 cm³/mol. The second-order valence-electron chi connectivity index (χ2n) is 6.49. The van der Waals surface area contributed by atoms with E-state index < -0.39 is 0 Å². The summed E-state index contributed by atoms with van der Waals surface area (Å²) in [7, 11) is 0. The van der Waals surface area contributed by atoms with E-state index in [0.717, 1.165) is 49.0 Å². The van der Waals surface area contributed by atoms with Gasteiger partial charge in [0.15, 0.2) is 0 Å². The van der Waals surface area contributed by atoms with Crippen LogP contribution in [0.1, 0.15) is 11.1 Å². The summed E-state index contributed by atoms with van der Waals surface area (Å²) in [6, 6.07) is 8.35. The van der Waals surface area contributed by atoms with Crippen LogP contribution in [0.15, 0.2) is 42.2 Å². The van der Waals surface area contributed by atoms with Crippen molar-refractivity contribution in [1.82, 2.24) is 0 Å². The molecule has 0 saturated carbocycles. The minimum atomic E-state index is 0.227. The highest BCUT2D eigenvalue weighted by atomic mass is 79.9. The van der Waals surface area contributed by atoms with Crippen molar-refractivity contribution in [3.05, 3.63) is 53.3 Å². The summed E-state index contributed by atoms with van der Waals surface area (Å²) in [5, 5.41) is 0. The molecule has 4 nitrogen and oxygen atoms in total. The minimum absolute atomic E-state index is 0.227. The van der Waals surface area contributed by atoms with Crippen LogP contribution in [0.2, 0.25) is 0 Å². The highest BCUT2D eigenvalue weighted by Crippen LogP contribution is 2.38. The minimum Gasteiger partial charge on any atom is -0.488 e. The Balaban J connectivity index is 1.47. The molecule has 144 valence electrons. The second-order valence-corrected chi connectivity index (χ2v) is 9.90. The molecule has 0 aliphatic carbocycles. The fraction of sp³-hybridized carbons (Fsp3) is 0.368. The molecule has 2 aromatic carbocycles. The number of benzene rings is 2. The summed E-state index contributed by atoms with van der Waals surface area (Å²) in [4.78, 5) is 0. The summed E-state index contributed by atoms with van der Waals surface area (Å²) < 4.78 is 25.8. The van der Waals surface area contributed by atoms with Gasteiger partial charge in [-0.15, -0.1) is 0 Å². The first kappa shape index (κ1) is 20.2. The quantitative estimate of drug-likeness (QED) is 0.343. The molecule has 0 N–H and O–H groups in total. The maximum atomic E-state index is 5.84. The zero-order valence-electron chi connectivity index (χ0n) is 14.1. The van der Waals surface area contributed by atoms with Gasteiger partial charge in [-0.3, -0.25) is 0 Å². The van der Waals surface area contributed by atoms with Gasteiger partial charge in [0, 0.05) is 0 Å². The Morgan fingerprint density at radius 3 is 1.33 bits per heavy atom. The predicted octanol–water partition coefficient (Wildman–Crippen LogP) is 5.88. The van der Waals surface area contributed by atoms with Gasteiger partial charge >= 0.3 is 0 Å². The molecule has 2 fully saturated rings. The van der Waals surface area contributed by atoms with Crippen molar-refractivity contribution >= 4 is 63.7 Å². The van der Waals surface area contributed by atoms with Crippen molar-refractivity contribution in [3.63, 3.8) is 0 Å². The molecular weight excluding hydrogens is 612 g/mol. The molecule has 2 aliphatic rings. The van der Waals surface area contributed by atoms with Crippen LogP contribution in [0.4, 0.5) is 0 Å². The number of halogens is 4. The first-order chi connectivity index (χ1) is 13.0. The van der Waals surface area contributed by atoms with E-state index in [1.54, 1.807) is 0 Å². The fourth-order valence-corrected chi connectivity index (χ4v) is 5.64. The highest BCUT2D eigenvalue weighted by Gasteiger charge is 2.25. The number of ether oxygens (including phenoxy) is 4. The molecule has 2 saturated heterocycles.